The number of hydrogen-bond donors (Lipinski definition) is 2. The van der Waals surface area contributed by atoms with E-state index in [0.29, 0.717) is 5.56 Å². The van der Waals surface area contributed by atoms with Crippen molar-refractivity contribution in [2.75, 3.05) is 19.0 Å². The molecule has 2 amide bonds. The highest BCUT2D eigenvalue weighted by molar-refractivity contribution is 6.05. The molecule has 0 heterocycles. The summed E-state index contributed by atoms with van der Waals surface area (Å²) < 4.78 is 0. The molecule has 0 atom stereocenters. The van der Waals surface area contributed by atoms with Crippen molar-refractivity contribution < 1.29 is 9.59 Å². The summed E-state index contributed by atoms with van der Waals surface area (Å²) >= 11 is 0. The van der Waals surface area contributed by atoms with E-state index in [9.17, 15) is 9.59 Å². The van der Waals surface area contributed by atoms with Gasteiger partial charge >= 0.3 is 0 Å². The average Bonchev–Trinajstić information content (AvgIpc) is 2.80. The fourth-order valence-electron chi connectivity index (χ4n) is 2.86. The van der Waals surface area contributed by atoms with Gasteiger partial charge in [0.15, 0.2) is 0 Å². The molecule has 162 valence electrons. The lowest BCUT2D eigenvalue weighted by atomic mass is 10.1. The molecule has 3 aromatic rings. The number of benzene rings is 3. The second kappa shape index (κ2) is 10.7. The van der Waals surface area contributed by atoms with Gasteiger partial charge in [-0.3, -0.25) is 9.59 Å². The summed E-state index contributed by atoms with van der Waals surface area (Å²) in [6.45, 7) is 2.00. The van der Waals surface area contributed by atoms with Gasteiger partial charge in [-0.15, -0.1) is 0 Å². The predicted molar refractivity (Wildman–Crippen MR) is 130 cm³/mol. The molecule has 2 N–H and O–H groups in total. The van der Waals surface area contributed by atoms with E-state index in [4.69, 9.17) is 0 Å². The Hall–Kier alpha value is -4.19. The molecule has 32 heavy (non-hydrogen) atoms. The third-order valence-electron chi connectivity index (χ3n) is 4.71. The van der Waals surface area contributed by atoms with Crippen molar-refractivity contribution in [1.82, 2.24) is 10.7 Å². The van der Waals surface area contributed by atoms with Crippen molar-refractivity contribution in [3.8, 4) is 0 Å². The quantitative estimate of drug-likeness (QED) is 0.341. The van der Waals surface area contributed by atoms with E-state index >= 15 is 0 Å². The Kier molecular flexibility index (Phi) is 7.54. The van der Waals surface area contributed by atoms with E-state index in [1.54, 1.807) is 36.6 Å². The molecule has 0 saturated carbocycles. The Labute approximate surface area is 188 Å². The van der Waals surface area contributed by atoms with Gasteiger partial charge < -0.3 is 10.2 Å². The summed E-state index contributed by atoms with van der Waals surface area (Å²) in [5.41, 5.74) is 6.84. The Bertz CT molecular complexity index is 1120. The highest BCUT2D eigenvalue weighted by atomic mass is 16.2. The molecule has 0 spiro atoms. The molecule has 0 aliphatic carbocycles. The van der Waals surface area contributed by atoms with E-state index < -0.39 is 5.91 Å². The Morgan fingerprint density at radius 2 is 1.47 bits per heavy atom. The lowest BCUT2D eigenvalue weighted by Gasteiger charge is -2.12. The van der Waals surface area contributed by atoms with Crippen molar-refractivity contribution in [1.29, 1.82) is 0 Å². The molecular weight excluding hydrogens is 400 g/mol. The Balaban J connectivity index is 1.80. The molecular formula is C26H26N4O2. The normalized spacial score (nSPS) is 11.3. The summed E-state index contributed by atoms with van der Waals surface area (Å²) in [6.07, 6.45) is 3.18. The lowest BCUT2D eigenvalue weighted by molar-refractivity contribution is -0.117. The molecule has 0 aliphatic rings. The summed E-state index contributed by atoms with van der Waals surface area (Å²) in [5, 5.41) is 6.73. The van der Waals surface area contributed by atoms with Crippen LogP contribution in [0, 0.1) is 6.92 Å². The molecule has 3 rings (SSSR count). The van der Waals surface area contributed by atoms with E-state index in [1.807, 2.05) is 80.5 Å². The van der Waals surface area contributed by atoms with Gasteiger partial charge in [-0.05, 0) is 48.4 Å². The summed E-state index contributed by atoms with van der Waals surface area (Å²) in [6, 6.07) is 24.1. The van der Waals surface area contributed by atoms with Crippen LogP contribution < -0.4 is 15.6 Å². The first-order valence-corrected chi connectivity index (χ1v) is 10.2. The van der Waals surface area contributed by atoms with Crippen LogP contribution in [-0.4, -0.2) is 32.1 Å². The molecule has 6 heteroatoms. The zero-order valence-corrected chi connectivity index (χ0v) is 18.4. The van der Waals surface area contributed by atoms with Gasteiger partial charge in [0.1, 0.15) is 5.70 Å². The van der Waals surface area contributed by atoms with Crippen LogP contribution >= 0.6 is 0 Å². The zero-order chi connectivity index (χ0) is 22.9. The predicted octanol–water partition coefficient (Wildman–Crippen LogP) is 3.98. The first-order chi connectivity index (χ1) is 15.4. The Morgan fingerprint density at radius 1 is 0.844 bits per heavy atom. The number of hydrazone groups is 1. The van der Waals surface area contributed by atoms with Crippen LogP contribution in [0.5, 0.6) is 0 Å². The number of amides is 2. The molecule has 6 nitrogen and oxygen atoms in total. The van der Waals surface area contributed by atoms with Gasteiger partial charge in [0.25, 0.3) is 11.8 Å². The summed E-state index contributed by atoms with van der Waals surface area (Å²) in [7, 11) is 3.91. The van der Waals surface area contributed by atoms with Gasteiger partial charge in [-0.1, -0.05) is 60.2 Å². The van der Waals surface area contributed by atoms with Crippen molar-refractivity contribution in [2.24, 2.45) is 5.10 Å². The van der Waals surface area contributed by atoms with Crippen LogP contribution in [0.3, 0.4) is 0 Å². The van der Waals surface area contributed by atoms with Gasteiger partial charge in [0, 0.05) is 25.3 Å². The number of nitrogens with one attached hydrogen (secondary N) is 2. The van der Waals surface area contributed by atoms with Crippen molar-refractivity contribution in [2.45, 2.75) is 6.92 Å². The van der Waals surface area contributed by atoms with Gasteiger partial charge in [0.05, 0.1) is 6.21 Å². The standard InChI is InChI=1S/C26H26N4O2/c1-19-9-11-21(12-10-19)18-27-29-26(32)24(28-25(31)22-7-5-4-6-8-22)17-20-13-15-23(16-14-20)30(2)3/h4-18H,1-3H3,(H,28,31)(H,29,32)/b24-17-,27-18+. The van der Waals surface area contributed by atoms with Crippen LogP contribution in [-0.2, 0) is 4.79 Å². The molecule has 0 aromatic heterocycles. The highest BCUT2D eigenvalue weighted by Crippen LogP contribution is 2.14. The fourth-order valence-corrected chi connectivity index (χ4v) is 2.86. The number of rotatable bonds is 7. The number of anilines is 1. The van der Waals surface area contributed by atoms with E-state index in [-0.39, 0.29) is 11.6 Å². The first-order valence-electron chi connectivity index (χ1n) is 10.2. The topological polar surface area (TPSA) is 73.8 Å². The van der Waals surface area contributed by atoms with Crippen molar-refractivity contribution in [3.05, 3.63) is 107 Å². The van der Waals surface area contributed by atoms with Gasteiger partial charge in [0.2, 0.25) is 0 Å². The number of carbonyl (C=O) groups is 2. The summed E-state index contributed by atoms with van der Waals surface area (Å²) in [5.74, 6) is -0.895. The van der Waals surface area contributed by atoms with E-state index in [2.05, 4.69) is 15.8 Å². The smallest absolute Gasteiger partial charge is 0.287 e. The minimum atomic E-state index is -0.519. The number of aryl methyl sites for hydroxylation is 1. The Morgan fingerprint density at radius 3 is 2.09 bits per heavy atom. The molecule has 3 aromatic carbocycles. The molecule has 0 aliphatic heterocycles. The third kappa shape index (κ3) is 6.40. The lowest BCUT2D eigenvalue weighted by Crippen LogP contribution is -2.32. The first kappa shape index (κ1) is 22.5. The van der Waals surface area contributed by atoms with E-state index in [1.165, 1.54) is 0 Å². The minimum Gasteiger partial charge on any atom is -0.378 e. The van der Waals surface area contributed by atoms with Crippen molar-refractivity contribution in [3.63, 3.8) is 0 Å². The second-order valence-electron chi connectivity index (χ2n) is 7.47. The third-order valence-corrected chi connectivity index (χ3v) is 4.71. The van der Waals surface area contributed by atoms with Crippen LogP contribution in [0.1, 0.15) is 27.0 Å². The molecule has 0 radical (unpaired) electrons. The zero-order valence-electron chi connectivity index (χ0n) is 18.4. The largest absolute Gasteiger partial charge is 0.378 e. The van der Waals surface area contributed by atoms with Crippen LogP contribution in [0.4, 0.5) is 5.69 Å². The summed E-state index contributed by atoms with van der Waals surface area (Å²) in [4.78, 5) is 27.4. The number of carbonyl (C=O) groups excluding carboxylic acids is 2. The van der Waals surface area contributed by atoms with E-state index in [0.717, 1.165) is 22.4 Å². The maximum Gasteiger partial charge on any atom is 0.287 e. The van der Waals surface area contributed by atoms with Crippen LogP contribution in [0.15, 0.2) is 89.7 Å². The SMILES string of the molecule is Cc1ccc(/C=N/NC(=O)/C(=C/c2ccc(N(C)C)cc2)NC(=O)c2ccccc2)cc1. The molecule has 0 bridgehead atoms. The van der Waals surface area contributed by atoms with Crippen LogP contribution in [0.2, 0.25) is 0 Å². The molecule has 0 fully saturated rings. The maximum absolute atomic E-state index is 12.8. The van der Waals surface area contributed by atoms with Gasteiger partial charge in [-0.2, -0.15) is 5.10 Å². The number of hydrogen-bond acceptors (Lipinski definition) is 4. The molecule has 0 unspecified atom stereocenters. The maximum atomic E-state index is 12.8. The fraction of sp³-hybridized carbons (Fsp3) is 0.115. The number of nitrogens with zero attached hydrogens (tertiary/aromatic N) is 2. The highest BCUT2D eigenvalue weighted by Gasteiger charge is 2.14. The van der Waals surface area contributed by atoms with Crippen molar-refractivity contribution >= 4 is 29.8 Å². The monoisotopic (exact) mass is 426 g/mol. The minimum absolute atomic E-state index is 0.0949. The second-order valence-corrected chi connectivity index (χ2v) is 7.47. The van der Waals surface area contributed by atoms with Gasteiger partial charge in [-0.25, -0.2) is 5.43 Å². The van der Waals surface area contributed by atoms with Crippen LogP contribution in [0.25, 0.3) is 6.08 Å². The molecule has 0 saturated heterocycles. The average molecular weight is 427 g/mol.